The molecule has 0 saturated heterocycles. The lowest BCUT2D eigenvalue weighted by atomic mass is 10.2. The van der Waals surface area contributed by atoms with Crippen molar-refractivity contribution in [3.8, 4) is 5.75 Å². The van der Waals surface area contributed by atoms with Crippen LogP contribution in [0.5, 0.6) is 5.75 Å². The first-order valence-corrected chi connectivity index (χ1v) is 13.3. The highest BCUT2D eigenvalue weighted by Gasteiger charge is 2.22. The monoisotopic (exact) mass is 553 g/mol. The van der Waals surface area contributed by atoms with Gasteiger partial charge >= 0.3 is 0 Å². The number of benzene rings is 3. The van der Waals surface area contributed by atoms with E-state index < -0.39 is 21.8 Å². The summed E-state index contributed by atoms with van der Waals surface area (Å²) in [4.78, 5) is 25.2. The van der Waals surface area contributed by atoms with Gasteiger partial charge in [0.2, 0.25) is 15.9 Å². The summed E-state index contributed by atoms with van der Waals surface area (Å²) >= 11 is 13.0. The van der Waals surface area contributed by atoms with Gasteiger partial charge in [-0.1, -0.05) is 35.3 Å². The highest BCUT2D eigenvalue weighted by atomic mass is 35.5. The number of halogens is 2. The molecule has 0 aromatic heterocycles. The van der Waals surface area contributed by atoms with Crippen molar-refractivity contribution in [2.24, 2.45) is 0 Å². The molecule has 0 unspecified atom stereocenters. The first-order valence-electron chi connectivity index (χ1n) is 10.1. The fourth-order valence-corrected chi connectivity index (χ4v) is 4.96. The van der Waals surface area contributed by atoms with Crippen molar-refractivity contribution < 1.29 is 22.7 Å². The lowest BCUT2D eigenvalue weighted by Crippen LogP contribution is -2.42. The number of sulfonamides is 1. The molecular weight excluding hydrogens is 533 g/mol. The van der Waals surface area contributed by atoms with E-state index in [1.54, 1.807) is 48.5 Å². The molecule has 0 atom stereocenters. The zero-order valence-electron chi connectivity index (χ0n) is 18.4. The minimum absolute atomic E-state index is 0.0143. The smallest absolute Gasteiger partial charge is 0.269 e. The molecule has 184 valence electrons. The number of hydrazine groups is 1. The Balaban J connectivity index is 1.62. The van der Waals surface area contributed by atoms with Crippen LogP contribution in [-0.4, -0.2) is 33.1 Å². The summed E-state index contributed by atoms with van der Waals surface area (Å²) in [7, 11) is -2.70. The van der Waals surface area contributed by atoms with E-state index in [1.165, 1.54) is 37.1 Å². The van der Waals surface area contributed by atoms with Gasteiger partial charge in [-0.3, -0.25) is 20.4 Å². The number of carbonyl (C=O) groups is 2. The van der Waals surface area contributed by atoms with Gasteiger partial charge in [-0.15, -0.1) is 11.8 Å². The molecule has 3 N–H and O–H groups in total. The maximum Gasteiger partial charge on any atom is 0.269 e. The average molecular weight is 554 g/mol. The topological polar surface area (TPSA) is 114 Å². The molecular formula is C23H21Cl2N3O5S2. The number of methoxy groups -OCH3 is 1. The molecule has 0 bridgehead atoms. The normalized spacial score (nSPS) is 11.1. The van der Waals surface area contributed by atoms with E-state index in [1.807, 2.05) is 0 Å². The minimum Gasteiger partial charge on any atom is -0.495 e. The van der Waals surface area contributed by atoms with Crippen molar-refractivity contribution in [1.82, 2.24) is 15.6 Å². The average Bonchev–Trinajstić information content (AvgIpc) is 2.86. The van der Waals surface area contributed by atoms with Gasteiger partial charge in [0, 0.05) is 27.0 Å². The lowest BCUT2D eigenvalue weighted by molar-refractivity contribution is -0.119. The van der Waals surface area contributed by atoms with E-state index in [4.69, 9.17) is 27.9 Å². The van der Waals surface area contributed by atoms with Gasteiger partial charge in [-0.25, -0.2) is 13.1 Å². The number of carbonyl (C=O) groups excluding carboxylic acids is 2. The zero-order valence-corrected chi connectivity index (χ0v) is 21.5. The fourth-order valence-electron chi connectivity index (χ4n) is 2.80. The van der Waals surface area contributed by atoms with Gasteiger partial charge in [0.05, 0.1) is 12.9 Å². The molecule has 2 amide bonds. The summed E-state index contributed by atoms with van der Waals surface area (Å²) in [6, 6.07) is 17.6. The van der Waals surface area contributed by atoms with Crippen LogP contribution in [0.15, 0.2) is 76.5 Å². The number of nitrogens with one attached hydrogen (secondary N) is 3. The fraction of sp³-hybridized carbons (Fsp3) is 0.130. The molecule has 12 heteroatoms. The van der Waals surface area contributed by atoms with Crippen LogP contribution in [0.2, 0.25) is 10.0 Å². The summed E-state index contributed by atoms with van der Waals surface area (Å²) < 4.78 is 33.4. The summed E-state index contributed by atoms with van der Waals surface area (Å²) in [5.41, 5.74) is 5.31. The van der Waals surface area contributed by atoms with Crippen LogP contribution in [0.25, 0.3) is 0 Å². The predicted molar refractivity (Wildman–Crippen MR) is 136 cm³/mol. The van der Waals surface area contributed by atoms with Crippen LogP contribution in [0.1, 0.15) is 15.9 Å². The van der Waals surface area contributed by atoms with Crippen molar-refractivity contribution in [3.05, 3.63) is 87.9 Å². The van der Waals surface area contributed by atoms with E-state index in [9.17, 15) is 18.0 Å². The van der Waals surface area contributed by atoms with Crippen LogP contribution in [0.3, 0.4) is 0 Å². The summed E-state index contributed by atoms with van der Waals surface area (Å²) in [5, 5.41) is 1.12. The molecule has 0 fully saturated rings. The molecule has 0 spiro atoms. The van der Waals surface area contributed by atoms with Crippen molar-refractivity contribution in [2.45, 2.75) is 16.3 Å². The first kappa shape index (κ1) is 26.8. The Morgan fingerprint density at radius 1 is 0.914 bits per heavy atom. The van der Waals surface area contributed by atoms with Crippen LogP contribution in [0, 0.1) is 0 Å². The molecule has 0 heterocycles. The molecule has 8 nitrogen and oxygen atoms in total. The SMILES string of the molecule is COc1ccc(C(=O)NNC(=O)CSc2ccc(Cl)cc2)cc1S(=O)(=O)NCc1ccc(Cl)cc1. The quantitative estimate of drug-likeness (QED) is 0.272. The van der Waals surface area contributed by atoms with Crippen LogP contribution >= 0.6 is 35.0 Å². The number of rotatable bonds is 9. The Morgan fingerprint density at radius 3 is 2.17 bits per heavy atom. The van der Waals surface area contributed by atoms with Crippen LogP contribution < -0.4 is 20.3 Å². The van der Waals surface area contributed by atoms with Gasteiger partial charge in [-0.2, -0.15) is 0 Å². The summed E-state index contributed by atoms with van der Waals surface area (Å²) in [6.45, 7) is 0.0143. The van der Waals surface area contributed by atoms with E-state index in [0.717, 1.165) is 4.90 Å². The van der Waals surface area contributed by atoms with Gasteiger partial charge in [0.15, 0.2) is 0 Å². The molecule has 35 heavy (non-hydrogen) atoms. The van der Waals surface area contributed by atoms with Crippen molar-refractivity contribution >= 4 is 56.8 Å². The minimum atomic E-state index is -4.03. The Labute approximate surface area is 217 Å². The molecule has 0 aliphatic heterocycles. The number of hydrogen-bond donors (Lipinski definition) is 3. The predicted octanol–water partition coefficient (Wildman–Crippen LogP) is 4.03. The number of hydrogen-bond acceptors (Lipinski definition) is 6. The number of thioether (sulfide) groups is 1. The van der Waals surface area contributed by atoms with E-state index >= 15 is 0 Å². The Morgan fingerprint density at radius 2 is 1.54 bits per heavy atom. The third-order valence-corrected chi connectivity index (χ3v) is 7.53. The van der Waals surface area contributed by atoms with Gasteiger partial charge < -0.3 is 4.74 Å². The van der Waals surface area contributed by atoms with Gasteiger partial charge in [0.1, 0.15) is 10.6 Å². The second kappa shape index (κ2) is 12.3. The second-order valence-corrected chi connectivity index (χ2v) is 10.7. The number of ether oxygens (including phenoxy) is 1. The third kappa shape index (κ3) is 7.87. The molecule has 0 aliphatic carbocycles. The third-order valence-electron chi connectivity index (χ3n) is 4.59. The summed E-state index contributed by atoms with van der Waals surface area (Å²) in [6.07, 6.45) is 0. The second-order valence-electron chi connectivity index (χ2n) is 7.06. The van der Waals surface area contributed by atoms with Crippen LogP contribution in [0.4, 0.5) is 0 Å². The standard InChI is InChI=1S/C23H21Cl2N3O5S2/c1-33-20-11-4-16(12-21(20)35(31,32)26-13-15-2-5-17(24)6-3-15)23(30)28-27-22(29)14-34-19-9-7-18(25)8-10-19/h2-12,26H,13-14H2,1H3,(H,27,29)(H,28,30). The van der Waals surface area contributed by atoms with Gasteiger partial charge in [-0.05, 0) is 60.2 Å². The van der Waals surface area contributed by atoms with E-state index in [2.05, 4.69) is 15.6 Å². The molecule has 3 aromatic carbocycles. The maximum absolute atomic E-state index is 12.9. The van der Waals surface area contributed by atoms with Crippen molar-refractivity contribution in [1.29, 1.82) is 0 Å². The zero-order chi connectivity index (χ0) is 25.4. The van der Waals surface area contributed by atoms with Crippen molar-refractivity contribution in [3.63, 3.8) is 0 Å². The molecule has 3 rings (SSSR count). The van der Waals surface area contributed by atoms with E-state index in [0.29, 0.717) is 15.6 Å². The molecule has 0 radical (unpaired) electrons. The molecule has 0 aliphatic rings. The Hall–Kier alpha value is -2.76. The maximum atomic E-state index is 12.9. The Bertz CT molecular complexity index is 1300. The van der Waals surface area contributed by atoms with Crippen LogP contribution in [-0.2, 0) is 21.4 Å². The van der Waals surface area contributed by atoms with E-state index in [-0.39, 0.29) is 28.5 Å². The highest BCUT2D eigenvalue weighted by molar-refractivity contribution is 8.00. The molecule has 3 aromatic rings. The number of amides is 2. The first-order chi connectivity index (χ1) is 16.7. The van der Waals surface area contributed by atoms with Crippen molar-refractivity contribution in [2.75, 3.05) is 12.9 Å². The highest BCUT2D eigenvalue weighted by Crippen LogP contribution is 2.25. The Kier molecular flexibility index (Phi) is 9.41. The van der Waals surface area contributed by atoms with Gasteiger partial charge in [0.25, 0.3) is 5.91 Å². The molecule has 0 saturated carbocycles. The largest absolute Gasteiger partial charge is 0.495 e. The lowest BCUT2D eigenvalue weighted by Gasteiger charge is -2.13. The summed E-state index contributed by atoms with van der Waals surface area (Å²) in [5.74, 6) is -1.01.